The Bertz CT molecular complexity index is 921. The molecule has 2 aromatic carbocycles. The van der Waals surface area contributed by atoms with Crippen molar-refractivity contribution in [3.8, 4) is 5.75 Å². The van der Waals surface area contributed by atoms with Gasteiger partial charge in [-0.05, 0) is 42.2 Å². The van der Waals surface area contributed by atoms with Gasteiger partial charge in [0.05, 0.1) is 18.3 Å². The first-order valence-corrected chi connectivity index (χ1v) is 12.3. The van der Waals surface area contributed by atoms with Gasteiger partial charge in [0.25, 0.3) is 5.91 Å². The van der Waals surface area contributed by atoms with Gasteiger partial charge in [-0.15, -0.1) is 11.8 Å². The highest BCUT2D eigenvalue weighted by molar-refractivity contribution is 7.99. The van der Waals surface area contributed by atoms with Crippen LogP contribution in [0.4, 0.5) is 0 Å². The molecular formula is C25H30N2O3S. The van der Waals surface area contributed by atoms with Gasteiger partial charge < -0.3 is 14.4 Å². The third-order valence-corrected chi connectivity index (χ3v) is 7.59. The van der Waals surface area contributed by atoms with Gasteiger partial charge in [-0.2, -0.15) is 0 Å². The maximum atomic E-state index is 13.3. The summed E-state index contributed by atoms with van der Waals surface area (Å²) >= 11 is 1.76. The Hall–Kier alpha value is -2.02. The van der Waals surface area contributed by atoms with Crippen molar-refractivity contribution in [1.29, 1.82) is 0 Å². The van der Waals surface area contributed by atoms with E-state index >= 15 is 0 Å². The van der Waals surface area contributed by atoms with E-state index < -0.39 is 0 Å². The van der Waals surface area contributed by atoms with Crippen LogP contribution >= 0.6 is 11.8 Å². The maximum Gasteiger partial charge on any atom is 0.255 e. The van der Waals surface area contributed by atoms with E-state index in [1.165, 1.54) is 11.1 Å². The van der Waals surface area contributed by atoms with Crippen LogP contribution in [-0.4, -0.2) is 67.0 Å². The summed E-state index contributed by atoms with van der Waals surface area (Å²) < 4.78 is 11.4. The lowest BCUT2D eigenvalue weighted by molar-refractivity contribution is 0.0625. The molecule has 5 nitrogen and oxygen atoms in total. The van der Waals surface area contributed by atoms with E-state index in [1.807, 2.05) is 23.1 Å². The van der Waals surface area contributed by atoms with Crippen molar-refractivity contribution in [2.75, 3.05) is 45.1 Å². The topological polar surface area (TPSA) is 42.0 Å². The molecule has 164 valence electrons. The molecule has 0 radical (unpaired) electrons. The third kappa shape index (κ3) is 4.92. The van der Waals surface area contributed by atoms with E-state index in [-0.39, 0.29) is 5.91 Å². The molecule has 3 aliphatic rings. The quantitative estimate of drug-likeness (QED) is 0.641. The fourth-order valence-electron chi connectivity index (χ4n) is 4.60. The van der Waals surface area contributed by atoms with Crippen LogP contribution in [0.2, 0.25) is 0 Å². The number of rotatable bonds is 6. The fourth-order valence-corrected chi connectivity index (χ4v) is 5.72. The molecule has 0 unspecified atom stereocenters. The summed E-state index contributed by atoms with van der Waals surface area (Å²) in [6, 6.07) is 14.6. The molecule has 0 N–H and O–H groups in total. The molecule has 2 aromatic rings. The minimum Gasteiger partial charge on any atom is -0.493 e. The Morgan fingerprint density at radius 1 is 1.06 bits per heavy atom. The second kappa shape index (κ2) is 9.63. The largest absolute Gasteiger partial charge is 0.493 e. The van der Waals surface area contributed by atoms with E-state index in [0.717, 1.165) is 87.2 Å². The van der Waals surface area contributed by atoms with Crippen molar-refractivity contribution in [2.45, 2.75) is 36.8 Å². The molecule has 0 spiro atoms. The van der Waals surface area contributed by atoms with Crippen LogP contribution in [0.15, 0.2) is 47.4 Å². The van der Waals surface area contributed by atoms with E-state index in [2.05, 4.69) is 29.2 Å². The van der Waals surface area contributed by atoms with Gasteiger partial charge in [0.2, 0.25) is 0 Å². The minimum absolute atomic E-state index is 0.157. The Morgan fingerprint density at radius 3 is 2.77 bits per heavy atom. The summed E-state index contributed by atoms with van der Waals surface area (Å²) in [5, 5.41) is 0. The van der Waals surface area contributed by atoms with Crippen LogP contribution in [-0.2, 0) is 17.7 Å². The van der Waals surface area contributed by atoms with E-state index in [4.69, 9.17) is 9.47 Å². The first-order valence-electron chi connectivity index (χ1n) is 11.4. The zero-order chi connectivity index (χ0) is 21.0. The lowest BCUT2D eigenvalue weighted by Gasteiger charge is -2.35. The number of carbonyl (C=O) groups excluding carboxylic acids is 1. The zero-order valence-corrected chi connectivity index (χ0v) is 18.7. The second-order valence-corrected chi connectivity index (χ2v) is 9.61. The van der Waals surface area contributed by atoms with Crippen molar-refractivity contribution in [3.05, 3.63) is 59.2 Å². The Morgan fingerprint density at radius 2 is 1.94 bits per heavy atom. The second-order valence-electron chi connectivity index (χ2n) is 8.55. The smallest absolute Gasteiger partial charge is 0.255 e. The number of hydrogen-bond donors (Lipinski definition) is 0. The molecule has 6 heteroatoms. The van der Waals surface area contributed by atoms with E-state index in [1.54, 1.807) is 11.8 Å². The van der Waals surface area contributed by atoms with E-state index in [0.29, 0.717) is 6.10 Å². The normalized spacial score (nSPS) is 21.2. The average Bonchev–Trinajstić information content (AvgIpc) is 3.50. The lowest BCUT2D eigenvalue weighted by Crippen LogP contribution is -2.48. The Labute approximate surface area is 188 Å². The van der Waals surface area contributed by atoms with Gasteiger partial charge in [0.15, 0.2) is 0 Å². The number of hydrogen-bond acceptors (Lipinski definition) is 5. The molecule has 0 aliphatic carbocycles. The van der Waals surface area contributed by atoms with Gasteiger partial charge in [-0.3, -0.25) is 9.69 Å². The average molecular weight is 439 g/mol. The van der Waals surface area contributed by atoms with Crippen LogP contribution in [0.3, 0.4) is 0 Å². The highest BCUT2D eigenvalue weighted by Gasteiger charge is 2.25. The number of ether oxygens (including phenoxy) is 2. The predicted molar refractivity (Wildman–Crippen MR) is 123 cm³/mol. The number of carbonyl (C=O) groups is 1. The van der Waals surface area contributed by atoms with Crippen molar-refractivity contribution in [2.24, 2.45) is 0 Å². The summed E-state index contributed by atoms with van der Waals surface area (Å²) in [6.45, 7) is 5.97. The van der Waals surface area contributed by atoms with Crippen LogP contribution in [0.5, 0.6) is 5.75 Å². The third-order valence-electron chi connectivity index (χ3n) is 6.39. The van der Waals surface area contributed by atoms with Gasteiger partial charge in [-0.25, -0.2) is 0 Å². The van der Waals surface area contributed by atoms with Crippen molar-refractivity contribution >= 4 is 17.7 Å². The predicted octanol–water partition coefficient (Wildman–Crippen LogP) is 3.85. The van der Waals surface area contributed by atoms with Crippen molar-refractivity contribution in [3.63, 3.8) is 0 Å². The van der Waals surface area contributed by atoms with Gasteiger partial charge >= 0.3 is 0 Å². The minimum atomic E-state index is 0.157. The molecule has 0 bridgehead atoms. The molecule has 0 saturated carbocycles. The molecular weight excluding hydrogens is 408 g/mol. The molecule has 1 amide bonds. The number of benzene rings is 2. The van der Waals surface area contributed by atoms with Gasteiger partial charge in [-0.1, -0.05) is 24.3 Å². The van der Waals surface area contributed by atoms with Crippen molar-refractivity contribution < 1.29 is 14.3 Å². The SMILES string of the molecule is O=C(c1ccccc1SC[C@H]1CCCO1)N1CCN(Cc2ccc3c(c2)CCO3)CC1. The summed E-state index contributed by atoms with van der Waals surface area (Å²) in [6.07, 6.45) is 3.61. The number of thioether (sulfide) groups is 1. The van der Waals surface area contributed by atoms with Gasteiger partial charge in [0.1, 0.15) is 5.75 Å². The summed E-state index contributed by atoms with van der Waals surface area (Å²) in [7, 11) is 0. The fraction of sp³-hybridized carbons (Fsp3) is 0.480. The molecule has 31 heavy (non-hydrogen) atoms. The lowest BCUT2D eigenvalue weighted by atomic mass is 10.1. The molecule has 3 heterocycles. The summed E-state index contributed by atoms with van der Waals surface area (Å²) in [4.78, 5) is 18.8. The zero-order valence-electron chi connectivity index (χ0n) is 17.9. The number of nitrogens with zero attached hydrogens (tertiary/aromatic N) is 2. The number of fused-ring (bicyclic) bond motifs is 1. The summed E-state index contributed by atoms with van der Waals surface area (Å²) in [5.74, 6) is 2.11. The molecule has 0 aromatic heterocycles. The standard InChI is InChI=1S/C25H30N2O3S/c28-25(22-5-1-2-6-24(22)31-18-21-4-3-14-29-21)27-12-10-26(11-13-27)17-19-7-8-23-20(16-19)9-15-30-23/h1-2,5-8,16,21H,3-4,9-15,17-18H2/t21-/m1/s1. The number of amides is 1. The Kier molecular flexibility index (Phi) is 6.48. The molecule has 1 atom stereocenters. The number of piperazine rings is 1. The van der Waals surface area contributed by atoms with Gasteiger partial charge in [0, 0.05) is 56.4 Å². The van der Waals surface area contributed by atoms with Crippen LogP contribution in [0.1, 0.15) is 34.3 Å². The van der Waals surface area contributed by atoms with Crippen LogP contribution in [0, 0.1) is 0 Å². The molecule has 2 fully saturated rings. The first kappa shape index (κ1) is 20.9. The van der Waals surface area contributed by atoms with Crippen LogP contribution in [0.25, 0.3) is 0 Å². The maximum absolute atomic E-state index is 13.3. The highest BCUT2D eigenvalue weighted by Crippen LogP contribution is 2.29. The van der Waals surface area contributed by atoms with Crippen LogP contribution < -0.4 is 4.74 Å². The van der Waals surface area contributed by atoms with Crippen molar-refractivity contribution in [1.82, 2.24) is 9.80 Å². The Balaban J connectivity index is 1.16. The first-order chi connectivity index (χ1) is 15.3. The highest BCUT2D eigenvalue weighted by atomic mass is 32.2. The molecule has 2 saturated heterocycles. The molecule has 5 rings (SSSR count). The molecule has 3 aliphatic heterocycles. The van der Waals surface area contributed by atoms with E-state index in [9.17, 15) is 4.79 Å². The monoisotopic (exact) mass is 438 g/mol. The summed E-state index contributed by atoms with van der Waals surface area (Å²) in [5.41, 5.74) is 3.49.